The number of hydrogen-bond acceptors (Lipinski definition) is 3. The summed E-state index contributed by atoms with van der Waals surface area (Å²) in [6.07, 6.45) is -1.76. The first-order chi connectivity index (χ1) is 6.07. The van der Waals surface area contributed by atoms with Gasteiger partial charge in [-0.15, -0.1) is 0 Å². The Kier molecular flexibility index (Phi) is 2.50. The van der Waals surface area contributed by atoms with E-state index in [0.29, 0.717) is 0 Å². The van der Waals surface area contributed by atoms with Gasteiger partial charge in [0.2, 0.25) is 0 Å². The number of aromatic nitrogens is 1. The highest BCUT2D eigenvalue weighted by atomic mass is 19.3. The molecule has 1 aromatic heterocycles. The lowest BCUT2D eigenvalue weighted by molar-refractivity contribution is 0.150. The SMILES string of the molecule is COc1c[nH]c(=O)c(C(F)F)c1N. The summed E-state index contributed by atoms with van der Waals surface area (Å²) in [4.78, 5) is 13.0. The molecule has 0 amide bonds. The normalized spacial score (nSPS) is 10.5. The van der Waals surface area contributed by atoms with Crippen molar-refractivity contribution in [1.29, 1.82) is 0 Å². The summed E-state index contributed by atoms with van der Waals surface area (Å²) in [5.74, 6) is 0.0369. The molecule has 72 valence electrons. The van der Waals surface area contributed by atoms with Crippen molar-refractivity contribution < 1.29 is 13.5 Å². The fourth-order valence-electron chi connectivity index (χ4n) is 0.927. The van der Waals surface area contributed by atoms with Crippen LogP contribution in [0.15, 0.2) is 11.0 Å². The van der Waals surface area contributed by atoms with Gasteiger partial charge >= 0.3 is 0 Å². The molecule has 0 spiro atoms. The molecular weight excluding hydrogens is 182 g/mol. The summed E-state index contributed by atoms with van der Waals surface area (Å²) in [5.41, 5.74) is 3.31. The molecule has 0 aromatic carbocycles. The third kappa shape index (κ3) is 1.61. The van der Waals surface area contributed by atoms with E-state index >= 15 is 0 Å². The van der Waals surface area contributed by atoms with Crippen LogP contribution in [0.1, 0.15) is 12.0 Å². The van der Waals surface area contributed by atoms with Crippen molar-refractivity contribution in [2.24, 2.45) is 0 Å². The number of hydrogen-bond donors (Lipinski definition) is 2. The van der Waals surface area contributed by atoms with Crippen LogP contribution < -0.4 is 16.0 Å². The second-order valence-electron chi connectivity index (χ2n) is 2.31. The van der Waals surface area contributed by atoms with E-state index in [4.69, 9.17) is 5.73 Å². The summed E-state index contributed by atoms with van der Waals surface area (Å²) >= 11 is 0. The summed E-state index contributed by atoms with van der Waals surface area (Å²) in [6, 6.07) is 0. The molecule has 0 saturated heterocycles. The molecule has 0 aliphatic heterocycles. The number of nitrogen functional groups attached to an aromatic ring is 1. The van der Waals surface area contributed by atoms with Crippen molar-refractivity contribution in [2.45, 2.75) is 6.43 Å². The number of anilines is 1. The molecule has 0 aliphatic rings. The van der Waals surface area contributed by atoms with Crippen molar-refractivity contribution in [3.05, 3.63) is 22.1 Å². The summed E-state index contributed by atoms with van der Waals surface area (Å²) in [6.45, 7) is 0. The highest BCUT2D eigenvalue weighted by Gasteiger charge is 2.18. The summed E-state index contributed by atoms with van der Waals surface area (Å²) in [5, 5.41) is 0. The molecule has 1 rings (SSSR count). The number of H-pyrrole nitrogens is 1. The van der Waals surface area contributed by atoms with Gasteiger partial charge in [-0.25, -0.2) is 8.78 Å². The number of rotatable bonds is 2. The van der Waals surface area contributed by atoms with Crippen LogP contribution in [-0.2, 0) is 0 Å². The molecular formula is C7H8F2N2O2. The van der Waals surface area contributed by atoms with E-state index in [1.54, 1.807) is 0 Å². The summed E-state index contributed by atoms with van der Waals surface area (Å²) < 4.78 is 29.2. The Hall–Kier alpha value is -1.59. The molecule has 1 heterocycles. The highest BCUT2D eigenvalue weighted by Crippen LogP contribution is 2.27. The second kappa shape index (κ2) is 3.42. The molecule has 0 bridgehead atoms. The van der Waals surface area contributed by atoms with E-state index in [9.17, 15) is 13.6 Å². The zero-order chi connectivity index (χ0) is 10.0. The lowest BCUT2D eigenvalue weighted by Crippen LogP contribution is -2.16. The molecule has 0 unspecified atom stereocenters. The second-order valence-corrected chi connectivity index (χ2v) is 2.31. The zero-order valence-electron chi connectivity index (χ0n) is 6.80. The van der Waals surface area contributed by atoms with E-state index in [-0.39, 0.29) is 11.4 Å². The molecule has 0 fully saturated rings. The quantitative estimate of drug-likeness (QED) is 0.728. The molecule has 0 saturated carbocycles. The number of aromatic amines is 1. The van der Waals surface area contributed by atoms with Crippen LogP contribution in [0, 0.1) is 0 Å². The lowest BCUT2D eigenvalue weighted by Gasteiger charge is -2.07. The minimum absolute atomic E-state index is 0.0369. The summed E-state index contributed by atoms with van der Waals surface area (Å²) in [7, 11) is 1.28. The average molecular weight is 190 g/mol. The van der Waals surface area contributed by atoms with Gasteiger partial charge in [0.25, 0.3) is 12.0 Å². The maximum Gasteiger partial charge on any atom is 0.271 e. The van der Waals surface area contributed by atoms with E-state index in [1.165, 1.54) is 7.11 Å². The van der Waals surface area contributed by atoms with Crippen LogP contribution in [0.2, 0.25) is 0 Å². The largest absolute Gasteiger partial charge is 0.493 e. The maximum atomic E-state index is 12.2. The molecule has 6 heteroatoms. The minimum atomic E-state index is -2.90. The molecule has 0 aliphatic carbocycles. The Morgan fingerprint density at radius 1 is 1.62 bits per heavy atom. The van der Waals surface area contributed by atoms with Gasteiger partial charge in [0.05, 0.1) is 12.8 Å². The number of alkyl halides is 2. The van der Waals surface area contributed by atoms with Gasteiger partial charge in [0.1, 0.15) is 5.56 Å². The molecule has 0 atom stereocenters. The van der Waals surface area contributed by atoms with Gasteiger partial charge in [-0.05, 0) is 0 Å². The van der Waals surface area contributed by atoms with Crippen LogP contribution >= 0.6 is 0 Å². The molecule has 13 heavy (non-hydrogen) atoms. The fraction of sp³-hybridized carbons (Fsp3) is 0.286. The number of pyridine rings is 1. The van der Waals surface area contributed by atoms with Crippen molar-refractivity contribution in [2.75, 3.05) is 12.8 Å². The van der Waals surface area contributed by atoms with E-state index < -0.39 is 17.5 Å². The first kappa shape index (κ1) is 9.50. The number of ether oxygens (including phenoxy) is 1. The van der Waals surface area contributed by atoms with Gasteiger partial charge in [-0.1, -0.05) is 0 Å². The number of nitrogens with one attached hydrogen (secondary N) is 1. The van der Waals surface area contributed by atoms with Crippen molar-refractivity contribution in [1.82, 2.24) is 4.98 Å². The fourth-order valence-corrected chi connectivity index (χ4v) is 0.927. The third-order valence-corrected chi connectivity index (χ3v) is 1.57. The van der Waals surface area contributed by atoms with Gasteiger partial charge in [0.15, 0.2) is 5.75 Å². The first-order valence-electron chi connectivity index (χ1n) is 3.41. The number of nitrogens with two attached hydrogens (primary N) is 1. The monoisotopic (exact) mass is 190 g/mol. The lowest BCUT2D eigenvalue weighted by atomic mass is 10.2. The smallest absolute Gasteiger partial charge is 0.271 e. The van der Waals surface area contributed by atoms with Crippen LogP contribution in [0.25, 0.3) is 0 Å². The highest BCUT2D eigenvalue weighted by molar-refractivity contribution is 5.56. The molecule has 3 N–H and O–H groups in total. The number of methoxy groups -OCH3 is 1. The zero-order valence-corrected chi connectivity index (χ0v) is 6.80. The Labute approximate surface area is 72.3 Å². The Bertz CT molecular complexity index is 362. The Morgan fingerprint density at radius 2 is 2.23 bits per heavy atom. The molecule has 4 nitrogen and oxygen atoms in total. The van der Waals surface area contributed by atoms with Crippen molar-refractivity contribution in [3.63, 3.8) is 0 Å². The van der Waals surface area contributed by atoms with E-state index in [0.717, 1.165) is 6.20 Å². The number of halogens is 2. The third-order valence-electron chi connectivity index (χ3n) is 1.57. The van der Waals surface area contributed by atoms with Crippen LogP contribution in [0.4, 0.5) is 14.5 Å². The van der Waals surface area contributed by atoms with E-state index in [2.05, 4.69) is 9.72 Å². The van der Waals surface area contributed by atoms with Gasteiger partial charge in [0, 0.05) is 6.20 Å². The predicted octanol–water partition coefficient (Wildman–Crippen LogP) is 0.903. The van der Waals surface area contributed by atoms with Crippen molar-refractivity contribution in [3.8, 4) is 5.75 Å². The van der Waals surface area contributed by atoms with Crippen LogP contribution in [-0.4, -0.2) is 12.1 Å². The maximum absolute atomic E-state index is 12.2. The van der Waals surface area contributed by atoms with Crippen LogP contribution in [0.5, 0.6) is 5.75 Å². The standard InChI is InChI=1S/C7H8F2N2O2/c1-13-3-2-11-7(12)4(5(3)10)6(8)9/h2,6H,1H3,(H3,10,11,12). The molecule has 1 aromatic rings. The average Bonchev–Trinajstić information content (AvgIpc) is 2.04. The first-order valence-corrected chi connectivity index (χ1v) is 3.41. The van der Waals surface area contributed by atoms with Gasteiger partial charge < -0.3 is 15.5 Å². The predicted molar refractivity (Wildman–Crippen MR) is 43.0 cm³/mol. The van der Waals surface area contributed by atoms with Gasteiger partial charge in [-0.2, -0.15) is 0 Å². The van der Waals surface area contributed by atoms with Crippen LogP contribution in [0.3, 0.4) is 0 Å². The minimum Gasteiger partial charge on any atom is -0.493 e. The Balaban J connectivity index is 3.39. The molecule has 0 radical (unpaired) electrons. The van der Waals surface area contributed by atoms with Crippen molar-refractivity contribution >= 4 is 5.69 Å². The Morgan fingerprint density at radius 3 is 2.69 bits per heavy atom. The van der Waals surface area contributed by atoms with E-state index in [1.807, 2.05) is 0 Å². The topological polar surface area (TPSA) is 68.1 Å². The van der Waals surface area contributed by atoms with Gasteiger partial charge in [-0.3, -0.25) is 4.79 Å².